The van der Waals surface area contributed by atoms with Crippen LogP contribution in [0.1, 0.15) is 56.7 Å². The van der Waals surface area contributed by atoms with Crippen LogP contribution in [-0.2, 0) is 9.47 Å². The summed E-state index contributed by atoms with van der Waals surface area (Å²) in [5.41, 5.74) is 1.02. The summed E-state index contributed by atoms with van der Waals surface area (Å²) >= 11 is 1.75. The van der Waals surface area contributed by atoms with Crippen molar-refractivity contribution >= 4 is 11.3 Å². The van der Waals surface area contributed by atoms with Crippen LogP contribution in [0.2, 0.25) is 0 Å². The zero-order valence-corrected chi connectivity index (χ0v) is 16.2. The molecule has 4 heteroatoms. The lowest BCUT2D eigenvalue weighted by Crippen LogP contribution is -2.23. The molecule has 1 aromatic heterocycles. The van der Waals surface area contributed by atoms with Crippen molar-refractivity contribution in [3.8, 4) is 0 Å². The fourth-order valence-corrected chi connectivity index (χ4v) is 4.95. The van der Waals surface area contributed by atoms with Crippen molar-refractivity contribution in [2.75, 3.05) is 19.8 Å². The lowest BCUT2D eigenvalue weighted by Gasteiger charge is -2.30. The maximum atomic E-state index is 10.7. The van der Waals surface area contributed by atoms with E-state index in [1.165, 1.54) is 11.3 Å². The van der Waals surface area contributed by atoms with E-state index in [0.717, 1.165) is 50.2 Å². The van der Waals surface area contributed by atoms with E-state index in [-0.39, 0.29) is 5.92 Å². The smallest absolute Gasteiger partial charge is 0.122 e. The number of aliphatic hydroxyl groups excluding tert-OH is 1. The first-order chi connectivity index (χ1) is 12.2. The van der Waals surface area contributed by atoms with Gasteiger partial charge in [-0.25, -0.2) is 0 Å². The largest absolute Gasteiger partial charge is 0.508 e. The Bertz CT molecular complexity index is 597. The van der Waals surface area contributed by atoms with Crippen molar-refractivity contribution in [1.82, 2.24) is 0 Å². The van der Waals surface area contributed by atoms with Crippen molar-refractivity contribution in [3.63, 3.8) is 0 Å². The fraction of sp³-hybridized carbons (Fsp3) is 0.619. The van der Waals surface area contributed by atoms with Gasteiger partial charge in [0.25, 0.3) is 0 Å². The number of rotatable bonds is 7. The molecule has 3 atom stereocenters. The Kier molecular flexibility index (Phi) is 6.60. The quantitative estimate of drug-likeness (QED) is 0.665. The molecule has 3 nitrogen and oxygen atoms in total. The average molecular weight is 363 g/mol. The molecule has 0 radical (unpaired) electrons. The Morgan fingerprint density at radius 1 is 1.32 bits per heavy atom. The number of ether oxygens (including phenoxy) is 2. The van der Waals surface area contributed by atoms with Crippen LogP contribution in [0.3, 0.4) is 0 Å². The normalized spacial score (nSPS) is 23.8. The van der Waals surface area contributed by atoms with E-state index in [0.29, 0.717) is 24.2 Å². The second kappa shape index (κ2) is 8.91. The number of aliphatic hydroxyl groups is 1. The highest BCUT2D eigenvalue weighted by molar-refractivity contribution is 7.10. The van der Waals surface area contributed by atoms with E-state index >= 15 is 0 Å². The van der Waals surface area contributed by atoms with Gasteiger partial charge in [0.1, 0.15) is 18.1 Å². The molecule has 2 aliphatic heterocycles. The summed E-state index contributed by atoms with van der Waals surface area (Å²) < 4.78 is 11.8. The van der Waals surface area contributed by atoms with Crippen LogP contribution in [0.5, 0.6) is 0 Å². The number of allylic oxidation sites excluding steroid dienone is 2. The van der Waals surface area contributed by atoms with E-state index in [4.69, 9.17) is 9.47 Å². The summed E-state index contributed by atoms with van der Waals surface area (Å²) in [6.45, 7) is 6.65. The van der Waals surface area contributed by atoms with Gasteiger partial charge in [0.2, 0.25) is 0 Å². The maximum Gasteiger partial charge on any atom is 0.122 e. The SMILES string of the molecule is CCC(CC1CCCOC1)C1=CC(O)=C(C(CC)c2cccs2)CO1. The minimum atomic E-state index is 0.254. The van der Waals surface area contributed by atoms with Crippen molar-refractivity contribution < 1.29 is 14.6 Å². The Morgan fingerprint density at radius 3 is 2.80 bits per heavy atom. The lowest BCUT2D eigenvalue weighted by molar-refractivity contribution is 0.0421. The molecule has 25 heavy (non-hydrogen) atoms. The van der Waals surface area contributed by atoms with Crippen molar-refractivity contribution in [2.45, 2.75) is 51.9 Å². The van der Waals surface area contributed by atoms with Crippen LogP contribution in [0, 0.1) is 11.8 Å². The highest BCUT2D eigenvalue weighted by Crippen LogP contribution is 2.37. The van der Waals surface area contributed by atoms with Crippen molar-refractivity contribution in [2.24, 2.45) is 11.8 Å². The monoisotopic (exact) mass is 362 g/mol. The average Bonchev–Trinajstić information content (AvgIpc) is 3.17. The van der Waals surface area contributed by atoms with Crippen molar-refractivity contribution in [3.05, 3.63) is 45.6 Å². The standard InChI is InChI=1S/C21H30O3S/c1-3-16(11-15-7-5-9-23-13-15)20-12-19(22)18(14-24-20)17(4-2)21-8-6-10-25-21/h6,8,10,12,15-17,22H,3-5,7,9,11,13-14H2,1-2H3. The second-order valence-corrected chi connectivity index (χ2v) is 8.13. The summed E-state index contributed by atoms with van der Waals surface area (Å²) in [6, 6.07) is 4.22. The number of thiophene rings is 1. The Labute approximate surface area is 155 Å². The first kappa shape index (κ1) is 18.5. The van der Waals surface area contributed by atoms with E-state index < -0.39 is 0 Å². The van der Waals surface area contributed by atoms with Gasteiger partial charge in [0.15, 0.2) is 0 Å². The fourth-order valence-electron chi connectivity index (χ4n) is 4.01. The Morgan fingerprint density at radius 2 is 2.20 bits per heavy atom. The molecule has 3 rings (SSSR count). The van der Waals surface area contributed by atoms with Crippen LogP contribution in [0.4, 0.5) is 0 Å². The molecule has 0 aliphatic carbocycles. The van der Waals surface area contributed by atoms with E-state index in [1.807, 2.05) is 6.08 Å². The molecule has 0 spiro atoms. The zero-order chi connectivity index (χ0) is 17.6. The molecule has 1 N–H and O–H groups in total. The van der Waals surface area contributed by atoms with Crippen LogP contribution in [0.15, 0.2) is 40.7 Å². The summed E-state index contributed by atoms with van der Waals surface area (Å²) in [7, 11) is 0. The van der Waals surface area contributed by atoms with Crippen LogP contribution in [0.25, 0.3) is 0 Å². The number of hydrogen-bond acceptors (Lipinski definition) is 4. The van der Waals surface area contributed by atoms with Gasteiger partial charge in [-0.3, -0.25) is 0 Å². The van der Waals surface area contributed by atoms with Crippen LogP contribution >= 0.6 is 11.3 Å². The highest BCUT2D eigenvalue weighted by atomic mass is 32.1. The third-order valence-corrected chi connectivity index (χ3v) is 6.47. The molecule has 0 saturated carbocycles. The van der Waals surface area contributed by atoms with Gasteiger partial charge in [-0.15, -0.1) is 11.3 Å². The molecule has 0 aromatic carbocycles. The maximum absolute atomic E-state index is 10.7. The van der Waals surface area contributed by atoms with Crippen LogP contribution < -0.4 is 0 Å². The van der Waals surface area contributed by atoms with Gasteiger partial charge in [0.05, 0.1) is 0 Å². The van der Waals surface area contributed by atoms with Gasteiger partial charge in [0, 0.05) is 41.6 Å². The molecular weight excluding hydrogens is 332 g/mol. The summed E-state index contributed by atoms with van der Waals surface area (Å²) in [5.74, 6) is 2.61. The minimum Gasteiger partial charge on any atom is -0.508 e. The Balaban J connectivity index is 1.73. The van der Waals surface area contributed by atoms with E-state index in [9.17, 15) is 5.11 Å². The summed E-state index contributed by atoms with van der Waals surface area (Å²) in [5, 5.41) is 12.8. The first-order valence-corrected chi connectivity index (χ1v) is 10.5. The number of hydrogen-bond donors (Lipinski definition) is 1. The predicted octanol–water partition coefficient (Wildman–Crippen LogP) is 5.81. The lowest BCUT2D eigenvalue weighted by atomic mass is 9.86. The van der Waals surface area contributed by atoms with Gasteiger partial charge < -0.3 is 14.6 Å². The summed E-state index contributed by atoms with van der Waals surface area (Å²) in [6.07, 6.45) is 7.39. The molecule has 1 fully saturated rings. The topological polar surface area (TPSA) is 38.7 Å². The molecule has 3 heterocycles. The third kappa shape index (κ3) is 4.48. The van der Waals surface area contributed by atoms with Crippen LogP contribution in [-0.4, -0.2) is 24.9 Å². The van der Waals surface area contributed by atoms with E-state index in [2.05, 4.69) is 31.4 Å². The van der Waals surface area contributed by atoms with Crippen molar-refractivity contribution in [1.29, 1.82) is 0 Å². The zero-order valence-electron chi connectivity index (χ0n) is 15.4. The first-order valence-electron chi connectivity index (χ1n) is 9.60. The molecule has 2 aliphatic rings. The molecular formula is C21H30O3S. The highest BCUT2D eigenvalue weighted by Gasteiger charge is 2.28. The van der Waals surface area contributed by atoms with Gasteiger partial charge in [-0.05, 0) is 49.5 Å². The van der Waals surface area contributed by atoms with Gasteiger partial charge >= 0.3 is 0 Å². The van der Waals surface area contributed by atoms with E-state index in [1.54, 1.807) is 11.3 Å². The molecule has 1 saturated heterocycles. The molecule has 3 unspecified atom stereocenters. The molecule has 0 bridgehead atoms. The molecule has 138 valence electrons. The summed E-state index contributed by atoms with van der Waals surface area (Å²) in [4.78, 5) is 1.30. The van der Waals surface area contributed by atoms with Gasteiger partial charge in [-0.2, -0.15) is 0 Å². The minimum absolute atomic E-state index is 0.254. The van der Waals surface area contributed by atoms with Gasteiger partial charge in [-0.1, -0.05) is 19.9 Å². The molecule has 1 aromatic rings. The molecule has 0 amide bonds. The third-order valence-electron chi connectivity index (χ3n) is 5.49. The predicted molar refractivity (Wildman–Crippen MR) is 103 cm³/mol. The second-order valence-electron chi connectivity index (χ2n) is 7.15. The Hall–Kier alpha value is -1.26.